The molecule has 2 heterocycles. The third-order valence-corrected chi connectivity index (χ3v) is 3.68. The quantitative estimate of drug-likeness (QED) is 0.770. The smallest absolute Gasteiger partial charge is 0.244 e. The molecular formula is C16H18N6O. The van der Waals surface area contributed by atoms with Crippen LogP contribution in [0.25, 0.3) is 11.2 Å². The molecule has 3 N–H and O–H groups in total. The Balaban J connectivity index is 1.83. The van der Waals surface area contributed by atoms with Crippen molar-refractivity contribution in [2.24, 2.45) is 0 Å². The molecule has 2 aromatic heterocycles. The Morgan fingerprint density at radius 1 is 1.17 bits per heavy atom. The lowest BCUT2D eigenvalue weighted by Crippen LogP contribution is -2.19. The number of imidazole rings is 1. The van der Waals surface area contributed by atoms with Crippen molar-refractivity contribution in [2.45, 2.75) is 27.3 Å². The van der Waals surface area contributed by atoms with E-state index in [1.807, 2.05) is 32.9 Å². The fraction of sp³-hybridized carbons (Fsp3) is 0.250. The molecule has 118 valence electrons. The second-order valence-corrected chi connectivity index (χ2v) is 5.63. The van der Waals surface area contributed by atoms with E-state index in [2.05, 4.69) is 20.3 Å². The SMILES string of the molecule is Cc1cc(C)c(NC(=O)Cn2cnc3c(N)ncnc32)c(C)c1. The largest absolute Gasteiger partial charge is 0.382 e. The Morgan fingerprint density at radius 3 is 2.57 bits per heavy atom. The minimum atomic E-state index is -0.142. The maximum atomic E-state index is 12.4. The van der Waals surface area contributed by atoms with Gasteiger partial charge in [-0.05, 0) is 31.9 Å². The lowest BCUT2D eigenvalue weighted by atomic mass is 10.1. The number of anilines is 2. The predicted octanol–water partition coefficient (Wildman–Crippen LogP) is 1.97. The van der Waals surface area contributed by atoms with Crippen molar-refractivity contribution in [1.29, 1.82) is 0 Å². The van der Waals surface area contributed by atoms with Gasteiger partial charge in [0.25, 0.3) is 0 Å². The molecule has 0 spiro atoms. The zero-order valence-corrected chi connectivity index (χ0v) is 13.3. The molecule has 0 bridgehead atoms. The Bertz CT molecular complexity index is 876. The van der Waals surface area contributed by atoms with E-state index < -0.39 is 0 Å². The number of carbonyl (C=O) groups excluding carboxylic acids is 1. The number of nitrogen functional groups attached to an aromatic ring is 1. The van der Waals surface area contributed by atoms with Crippen LogP contribution < -0.4 is 11.1 Å². The molecular weight excluding hydrogens is 292 g/mol. The van der Waals surface area contributed by atoms with Crippen LogP contribution >= 0.6 is 0 Å². The summed E-state index contributed by atoms with van der Waals surface area (Å²) in [5.41, 5.74) is 10.9. The van der Waals surface area contributed by atoms with Crippen molar-refractivity contribution in [1.82, 2.24) is 19.5 Å². The molecule has 0 radical (unpaired) electrons. The molecule has 0 saturated carbocycles. The number of nitrogens with two attached hydrogens (primary N) is 1. The molecule has 0 aliphatic rings. The number of aryl methyl sites for hydroxylation is 3. The summed E-state index contributed by atoms with van der Waals surface area (Å²) in [5.74, 6) is 0.163. The van der Waals surface area contributed by atoms with Gasteiger partial charge in [0.05, 0.1) is 6.33 Å². The van der Waals surface area contributed by atoms with Gasteiger partial charge in [0, 0.05) is 5.69 Å². The molecule has 1 aromatic carbocycles. The van der Waals surface area contributed by atoms with Crippen molar-refractivity contribution in [2.75, 3.05) is 11.1 Å². The number of aromatic nitrogens is 4. The normalized spacial score (nSPS) is 10.9. The highest BCUT2D eigenvalue weighted by atomic mass is 16.1. The van der Waals surface area contributed by atoms with Crippen LogP contribution in [0.15, 0.2) is 24.8 Å². The average Bonchev–Trinajstić information content (AvgIpc) is 2.87. The van der Waals surface area contributed by atoms with E-state index >= 15 is 0 Å². The van der Waals surface area contributed by atoms with Crippen LogP contribution in [0.3, 0.4) is 0 Å². The van der Waals surface area contributed by atoms with Crippen LogP contribution in [0.5, 0.6) is 0 Å². The van der Waals surface area contributed by atoms with Gasteiger partial charge in [0.2, 0.25) is 5.91 Å². The summed E-state index contributed by atoms with van der Waals surface area (Å²) in [5, 5.41) is 2.96. The van der Waals surface area contributed by atoms with Gasteiger partial charge in [-0.15, -0.1) is 0 Å². The van der Waals surface area contributed by atoms with Gasteiger partial charge in [-0.25, -0.2) is 15.0 Å². The number of fused-ring (bicyclic) bond motifs is 1. The number of hydrogen-bond acceptors (Lipinski definition) is 5. The Morgan fingerprint density at radius 2 is 1.87 bits per heavy atom. The number of carbonyl (C=O) groups is 1. The molecule has 1 amide bonds. The maximum Gasteiger partial charge on any atom is 0.244 e. The fourth-order valence-corrected chi connectivity index (χ4v) is 2.73. The summed E-state index contributed by atoms with van der Waals surface area (Å²) < 4.78 is 1.65. The number of benzene rings is 1. The highest BCUT2D eigenvalue weighted by molar-refractivity contribution is 5.93. The van der Waals surface area contributed by atoms with E-state index in [1.165, 1.54) is 11.9 Å². The van der Waals surface area contributed by atoms with Crippen molar-refractivity contribution in [3.05, 3.63) is 41.5 Å². The second-order valence-electron chi connectivity index (χ2n) is 5.63. The van der Waals surface area contributed by atoms with Crippen molar-refractivity contribution >= 4 is 28.6 Å². The lowest BCUT2D eigenvalue weighted by molar-refractivity contribution is -0.116. The highest BCUT2D eigenvalue weighted by Crippen LogP contribution is 2.22. The monoisotopic (exact) mass is 310 g/mol. The van der Waals surface area contributed by atoms with Gasteiger partial charge < -0.3 is 15.6 Å². The van der Waals surface area contributed by atoms with Crippen molar-refractivity contribution in [3.8, 4) is 0 Å². The predicted molar refractivity (Wildman–Crippen MR) is 89.0 cm³/mol. The van der Waals surface area contributed by atoms with E-state index in [0.717, 1.165) is 16.8 Å². The highest BCUT2D eigenvalue weighted by Gasteiger charge is 2.12. The van der Waals surface area contributed by atoms with Crippen LogP contribution in [-0.2, 0) is 11.3 Å². The number of nitrogens with zero attached hydrogens (tertiary/aromatic N) is 4. The molecule has 0 saturated heterocycles. The number of hydrogen-bond donors (Lipinski definition) is 2. The van der Waals surface area contributed by atoms with Gasteiger partial charge in [0.1, 0.15) is 18.4 Å². The molecule has 7 heteroatoms. The topological polar surface area (TPSA) is 98.7 Å². The number of amides is 1. The molecule has 0 fully saturated rings. The molecule has 7 nitrogen and oxygen atoms in total. The fourth-order valence-electron chi connectivity index (χ4n) is 2.73. The molecule has 0 unspecified atom stereocenters. The molecule has 0 aliphatic heterocycles. The van der Waals surface area contributed by atoms with E-state index in [4.69, 9.17) is 5.73 Å². The first-order valence-corrected chi connectivity index (χ1v) is 7.24. The molecule has 3 aromatic rings. The zero-order valence-electron chi connectivity index (χ0n) is 13.3. The maximum absolute atomic E-state index is 12.4. The number of nitrogens with one attached hydrogen (secondary N) is 1. The van der Waals surface area contributed by atoms with Gasteiger partial charge >= 0.3 is 0 Å². The van der Waals surface area contributed by atoms with Gasteiger partial charge in [0.15, 0.2) is 11.5 Å². The molecule has 0 aliphatic carbocycles. The number of rotatable bonds is 3. The zero-order chi connectivity index (χ0) is 16.6. The van der Waals surface area contributed by atoms with Crippen LogP contribution in [0.4, 0.5) is 11.5 Å². The second kappa shape index (κ2) is 5.68. The first-order valence-electron chi connectivity index (χ1n) is 7.24. The van der Waals surface area contributed by atoms with E-state index in [1.54, 1.807) is 10.9 Å². The Kier molecular flexibility index (Phi) is 3.69. The Labute approximate surface area is 133 Å². The standard InChI is InChI=1S/C16H18N6O/c1-9-4-10(2)13(11(3)5-9)21-12(23)6-22-8-20-14-15(17)18-7-19-16(14)22/h4-5,7-8H,6H2,1-3H3,(H,21,23)(H2,17,18,19). The summed E-state index contributed by atoms with van der Waals surface area (Å²) in [6.07, 6.45) is 2.91. The third-order valence-electron chi connectivity index (χ3n) is 3.68. The summed E-state index contributed by atoms with van der Waals surface area (Å²) in [7, 11) is 0. The van der Waals surface area contributed by atoms with Crippen molar-refractivity contribution in [3.63, 3.8) is 0 Å². The summed E-state index contributed by atoms with van der Waals surface area (Å²) in [6.45, 7) is 6.11. The van der Waals surface area contributed by atoms with Gasteiger partial charge in [-0.3, -0.25) is 4.79 Å². The molecule has 3 rings (SSSR count). The summed E-state index contributed by atoms with van der Waals surface area (Å²) in [6, 6.07) is 4.09. The van der Waals surface area contributed by atoms with Gasteiger partial charge in [-0.2, -0.15) is 0 Å². The van der Waals surface area contributed by atoms with Gasteiger partial charge in [-0.1, -0.05) is 17.7 Å². The third kappa shape index (κ3) is 2.85. The van der Waals surface area contributed by atoms with Crippen LogP contribution in [0.2, 0.25) is 0 Å². The molecule has 0 atom stereocenters. The molecule has 23 heavy (non-hydrogen) atoms. The Hall–Kier alpha value is -2.96. The van der Waals surface area contributed by atoms with E-state index in [9.17, 15) is 4.79 Å². The summed E-state index contributed by atoms with van der Waals surface area (Å²) >= 11 is 0. The lowest BCUT2D eigenvalue weighted by Gasteiger charge is -2.13. The average molecular weight is 310 g/mol. The van der Waals surface area contributed by atoms with Crippen LogP contribution in [0, 0.1) is 20.8 Å². The van der Waals surface area contributed by atoms with E-state index in [0.29, 0.717) is 17.0 Å². The van der Waals surface area contributed by atoms with Crippen LogP contribution in [-0.4, -0.2) is 25.4 Å². The van der Waals surface area contributed by atoms with E-state index in [-0.39, 0.29) is 12.5 Å². The van der Waals surface area contributed by atoms with Crippen molar-refractivity contribution < 1.29 is 4.79 Å². The first kappa shape index (κ1) is 15.0. The summed E-state index contributed by atoms with van der Waals surface area (Å²) in [4.78, 5) is 24.5. The first-order chi connectivity index (χ1) is 11.0. The minimum Gasteiger partial charge on any atom is -0.382 e. The minimum absolute atomic E-state index is 0.111. The van der Waals surface area contributed by atoms with Crippen LogP contribution in [0.1, 0.15) is 16.7 Å².